The van der Waals surface area contributed by atoms with Crippen LogP contribution >= 0.6 is 58.0 Å². The molecule has 0 saturated heterocycles. The van der Waals surface area contributed by atoms with E-state index < -0.39 is 48.2 Å². The Hall–Kier alpha value is -2.56. The summed E-state index contributed by atoms with van der Waals surface area (Å²) in [6, 6.07) is 4.71. The fourth-order valence-electron chi connectivity index (χ4n) is 3.39. The van der Waals surface area contributed by atoms with Crippen molar-refractivity contribution in [3.63, 3.8) is 0 Å². The molecule has 14 heteroatoms. The van der Waals surface area contributed by atoms with Crippen molar-refractivity contribution in [1.29, 1.82) is 0 Å². The first-order valence-electron chi connectivity index (χ1n) is 10.1. The second kappa shape index (κ2) is 11.2. The summed E-state index contributed by atoms with van der Waals surface area (Å²) in [5, 5.41) is -0.842. The summed E-state index contributed by atoms with van der Waals surface area (Å²) in [6.45, 7) is 2.29. The molecule has 2 aromatic rings. The smallest absolute Gasteiger partial charge is 0.330 e. The van der Waals surface area contributed by atoms with Crippen LogP contribution in [0.4, 0.5) is 0 Å². The predicted molar refractivity (Wildman–Crippen MR) is 134 cm³/mol. The van der Waals surface area contributed by atoms with E-state index in [1.807, 2.05) is 0 Å². The topological polar surface area (TPSA) is 122 Å². The number of carbonyl (C=O) groups is 5. The molecule has 0 aromatic heterocycles. The lowest BCUT2D eigenvalue weighted by Crippen LogP contribution is -2.50. The number of hydrogen-bond donors (Lipinski definition) is 2. The Morgan fingerprint density at radius 3 is 1.89 bits per heavy atom. The largest absolute Gasteiger partial charge is 0.454 e. The number of halogens is 5. The number of ether oxygens (including phenoxy) is 1. The van der Waals surface area contributed by atoms with E-state index in [-0.39, 0.29) is 41.8 Å². The summed E-state index contributed by atoms with van der Waals surface area (Å²) < 4.78 is 5.01. The summed E-state index contributed by atoms with van der Waals surface area (Å²) in [5.74, 6) is -5.13. The van der Waals surface area contributed by atoms with Crippen LogP contribution in [0, 0.1) is 5.92 Å². The number of nitrogens with one attached hydrogen (secondary N) is 2. The highest BCUT2D eigenvalue weighted by Gasteiger charge is 2.48. The molecule has 1 heterocycles. The molecule has 0 aliphatic carbocycles. The molecule has 9 nitrogen and oxygen atoms in total. The molecule has 0 fully saturated rings. The molecule has 2 N–H and O–H groups in total. The third kappa shape index (κ3) is 5.26. The van der Waals surface area contributed by atoms with Crippen molar-refractivity contribution in [2.75, 3.05) is 6.61 Å². The van der Waals surface area contributed by atoms with Gasteiger partial charge in [-0.15, -0.1) is 0 Å². The molecule has 1 aliphatic rings. The van der Waals surface area contributed by atoms with Gasteiger partial charge in [0, 0.05) is 0 Å². The summed E-state index contributed by atoms with van der Waals surface area (Å²) in [6.07, 6.45) is 0. The maximum Gasteiger partial charge on any atom is 0.330 e. The average molecular weight is 596 g/mol. The van der Waals surface area contributed by atoms with Crippen LogP contribution < -0.4 is 10.9 Å². The zero-order valence-electron chi connectivity index (χ0n) is 18.5. The number of nitrogens with zero attached hydrogens (tertiary/aromatic N) is 1. The number of benzene rings is 2. The molecule has 0 radical (unpaired) electrons. The van der Waals surface area contributed by atoms with Crippen molar-refractivity contribution in [3.8, 4) is 0 Å². The highest BCUT2D eigenvalue weighted by atomic mass is 35.5. The SMILES string of the molecule is CC(C)[C@@H](C(=O)OCC(=O)NNC(=O)c1ccccc1Cl)N1C(=O)c2c(Cl)c(Cl)c(Cl)c(Cl)c2C1=O. The summed E-state index contributed by atoms with van der Waals surface area (Å²) >= 11 is 30.2. The lowest BCUT2D eigenvalue weighted by molar-refractivity contribution is -0.153. The average Bonchev–Trinajstić information content (AvgIpc) is 3.09. The van der Waals surface area contributed by atoms with Gasteiger partial charge in [0.2, 0.25) is 0 Å². The predicted octanol–water partition coefficient (Wildman–Crippen LogP) is 4.58. The highest BCUT2D eigenvalue weighted by Crippen LogP contribution is 2.45. The Kier molecular flexibility index (Phi) is 8.74. The van der Waals surface area contributed by atoms with Crippen LogP contribution in [-0.4, -0.2) is 47.1 Å². The number of amides is 4. The molecule has 0 saturated carbocycles. The van der Waals surface area contributed by atoms with Crippen molar-refractivity contribution < 1.29 is 28.7 Å². The lowest BCUT2D eigenvalue weighted by atomic mass is 10.0. The third-order valence-electron chi connectivity index (χ3n) is 5.06. The molecule has 190 valence electrons. The van der Waals surface area contributed by atoms with Crippen LogP contribution in [0.3, 0.4) is 0 Å². The Morgan fingerprint density at radius 1 is 0.861 bits per heavy atom. The molecule has 0 spiro atoms. The van der Waals surface area contributed by atoms with Gasteiger partial charge in [0.15, 0.2) is 6.61 Å². The molecule has 0 unspecified atom stereocenters. The minimum Gasteiger partial charge on any atom is -0.454 e. The summed E-state index contributed by atoms with van der Waals surface area (Å²) in [7, 11) is 0. The number of carbonyl (C=O) groups excluding carboxylic acids is 5. The zero-order valence-corrected chi connectivity index (χ0v) is 22.2. The van der Waals surface area contributed by atoms with Gasteiger partial charge in [-0.3, -0.25) is 34.9 Å². The van der Waals surface area contributed by atoms with E-state index in [9.17, 15) is 24.0 Å². The van der Waals surface area contributed by atoms with E-state index in [1.165, 1.54) is 12.1 Å². The second-order valence-corrected chi connectivity index (χ2v) is 9.68. The first-order chi connectivity index (χ1) is 16.9. The normalized spacial score (nSPS) is 13.5. The first-order valence-corrected chi connectivity index (χ1v) is 12.0. The van der Waals surface area contributed by atoms with E-state index in [1.54, 1.807) is 26.0 Å². The molecule has 36 heavy (non-hydrogen) atoms. The van der Waals surface area contributed by atoms with Crippen LogP contribution in [0.1, 0.15) is 44.9 Å². The zero-order chi connectivity index (χ0) is 26.9. The molecule has 3 rings (SSSR count). The van der Waals surface area contributed by atoms with Crippen molar-refractivity contribution in [2.24, 2.45) is 5.92 Å². The fraction of sp³-hybridized carbons (Fsp3) is 0.227. The van der Waals surface area contributed by atoms with Gasteiger partial charge in [0.1, 0.15) is 6.04 Å². The minimum absolute atomic E-state index is 0.111. The molecule has 0 bridgehead atoms. The third-order valence-corrected chi connectivity index (χ3v) is 7.19. The van der Waals surface area contributed by atoms with Crippen molar-refractivity contribution >= 4 is 87.6 Å². The number of fused-ring (bicyclic) bond motifs is 1. The molecule has 1 aliphatic heterocycles. The van der Waals surface area contributed by atoms with Gasteiger partial charge < -0.3 is 4.74 Å². The lowest BCUT2D eigenvalue weighted by Gasteiger charge is -2.27. The molecular weight excluding hydrogens is 580 g/mol. The fourth-order valence-corrected chi connectivity index (χ4v) is 4.63. The number of esters is 1. The Morgan fingerprint density at radius 2 is 1.39 bits per heavy atom. The van der Waals surface area contributed by atoms with Crippen molar-refractivity contribution in [2.45, 2.75) is 19.9 Å². The van der Waals surface area contributed by atoms with Crippen LogP contribution in [0.25, 0.3) is 0 Å². The van der Waals surface area contributed by atoms with Gasteiger partial charge in [-0.05, 0) is 18.1 Å². The number of hydrazine groups is 1. The molecule has 4 amide bonds. The van der Waals surface area contributed by atoms with Gasteiger partial charge in [0.05, 0.1) is 41.8 Å². The van der Waals surface area contributed by atoms with Gasteiger partial charge in [-0.25, -0.2) is 4.79 Å². The van der Waals surface area contributed by atoms with Crippen LogP contribution in [-0.2, 0) is 14.3 Å². The van der Waals surface area contributed by atoms with Crippen molar-refractivity contribution in [3.05, 3.63) is 66.1 Å². The highest BCUT2D eigenvalue weighted by molar-refractivity contribution is 6.55. The maximum absolute atomic E-state index is 13.1. The Balaban J connectivity index is 1.71. The van der Waals surface area contributed by atoms with E-state index in [2.05, 4.69) is 10.9 Å². The van der Waals surface area contributed by atoms with Gasteiger partial charge in [-0.1, -0.05) is 84.0 Å². The quantitative estimate of drug-likeness (QED) is 0.166. The monoisotopic (exact) mass is 593 g/mol. The van der Waals surface area contributed by atoms with Crippen LogP contribution in [0.15, 0.2) is 24.3 Å². The van der Waals surface area contributed by atoms with Gasteiger partial charge in [-0.2, -0.15) is 0 Å². The van der Waals surface area contributed by atoms with Gasteiger partial charge in [0.25, 0.3) is 23.6 Å². The summed E-state index contributed by atoms with van der Waals surface area (Å²) in [5.41, 5.74) is 3.73. The first kappa shape index (κ1) is 28.0. The molecule has 1 atom stereocenters. The van der Waals surface area contributed by atoms with E-state index in [0.29, 0.717) is 4.90 Å². The van der Waals surface area contributed by atoms with Gasteiger partial charge >= 0.3 is 5.97 Å². The van der Waals surface area contributed by atoms with E-state index in [4.69, 9.17) is 62.7 Å². The standard InChI is InChI=1S/C22H16Cl5N3O6/c1-8(2)18(30-20(33)12-13(21(30)34)15(25)17(27)16(26)14(12)24)22(35)36-7-11(31)28-29-19(32)9-5-3-4-6-10(9)23/h3-6,8,18H,7H2,1-2H3,(H,28,31)(H,29,32)/t18-/m0/s1. The van der Waals surface area contributed by atoms with Crippen LogP contribution in [0.5, 0.6) is 0 Å². The Bertz CT molecular complexity index is 1250. The van der Waals surface area contributed by atoms with Crippen LogP contribution in [0.2, 0.25) is 25.1 Å². The number of hydrogen-bond acceptors (Lipinski definition) is 6. The van der Waals surface area contributed by atoms with Crippen molar-refractivity contribution in [1.82, 2.24) is 15.8 Å². The van der Waals surface area contributed by atoms with E-state index >= 15 is 0 Å². The second-order valence-electron chi connectivity index (χ2n) is 7.76. The Labute approximate surface area is 229 Å². The number of imide groups is 1. The molecule has 2 aromatic carbocycles. The maximum atomic E-state index is 13.1. The summed E-state index contributed by atoms with van der Waals surface area (Å²) in [4.78, 5) is 63.9. The van der Waals surface area contributed by atoms with E-state index in [0.717, 1.165) is 0 Å². The minimum atomic E-state index is -1.44. The number of rotatable bonds is 6. The molecular formula is C22H16Cl5N3O6.